The fraction of sp³-hybridized carbons (Fsp3) is 0.632. The Kier molecular flexibility index (Phi) is 7.81. The maximum absolute atomic E-state index is 13.1. The molecule has 13 heteroatoms. The van der Waals surface area contributed by atoms with Crippen molar-refractivity contribution >= 4 is 51.7 Å². The number of aliphatic carboxylic acids is 1. The Balaban J connectivity index is 0.00000289. The second-order valence-corrected chi connectivity index (χ2v) is 11.1. The molecule has 0 radical (unpaired) electrons. The number of carbonyl (C=O) groups is 3. The van der Waals surface area contributed by atoms with Crippen molar-refractivity contribution in [3.8, 4) is 0 Å². The van der Waals surface area contributed by atoms with Crippen LogP contribution in [0.4, 0.5) is 5.13 Å². The first kappa shape index (κ1) is 25.3. The molecule has 4 rings (SSSR count). The van der Waals surface area contributed by atoms with Crippen LogP contribution in [0.2, 0.25) is 0 Å². The van der Waals surface area contributed by atoms with Gasteiger partial charge in [-0.05, 0) is 39.5 Å². The summed E-state index contributed by atoms with van der Waals surface area (Å²) in [6.07, 6.45) is 3.82. The Hall–Kier alpha value is -1.34. The van der Waals surface area contributed by atoms with Crippen LogP contribution in [0.1, 0.15) is 51.6 Å². The van der Waals surface area contributed by atoms with Crippen molar-refractivity contribution in [3.05, 3.63) is 11.1 Å². The molecule has 0 bridgehead atoms. The number of carboxylic acid groups (broad SMARTS) is 1. The fourth-order valence-electron chi connectivity index (χ4n) is 4.35. The number of fused-ring (bicyclic) bond motifs is 1. The molecule has 10 nitrogen and oxygen atoms in total. The summed E-state index contributed by atoms with van der Waals surface area (Å²) in [6.45, 7) is 3.51. The summed E-state index contributed by atoms with van der Waals surface area (Å²) in [7, 11) is 0. The topological polar surface area (TPSA) is 150 Å². The molecule has 3 fully saturated rings. The second kappa shape index (κ2) is 9.88. The molecular formula is C19H24N5NaO5S2. The van der Waals surface area contributed by atoms with Crippen LogP contribution < -0.4 is 45.7 Å². The predicted octanol–water partition coefficient (Wildman–Crippen LogP) is -2.92. The number of rotatable bonds is 6. The number of nitrogens with zero attached hydrogens (tertiary/aromatic N) is 3. The Labute approximate surface area is 216 Å². The Bertz CT molecular complexity index is 933. The number of carboxylic acids is 1. The van der Waals surface area contributed by atoms with E-state index in [4.69, 9.17) is 10.6 Å². The van der Waals surface area contributed by atoms with Gasteiger partial charge in [-0.1, -0.05) is 5.16 Å². The molecule has 2 amide bonds. The van der Waals surface area contributed by atoms with E-state index < -0.39 is 34.1 Å². The fourth-order valence-corrected chi connectivity index (χ4v) is 6.54. The number of hydrogen-bond donors (Lipinski definition) is 2. The van der Waals surface area contributed by atoms with Crippen LogP contribution in [-0.2, 0) is 19.2 Å². The van der Waals surface area contributed by atoms with Gasteiger partial charge in [-0.3, -0.25) is 9.59 Å². The van der Waals surface area contributed by atoms with Crippen molar-refractivity contribution in [2.24, 2.45) is 5.16 Å². The number of anilines is 1. The van der Waals surface area contributed by atoms with Crippen LogP contribution in [0.5, 0.6) is 0 Å². The molecular weight excluding hydrogens is 465 g/mol. The van der Waals surface area contributed by atoms with Gasteiger partial charge in [-0.2, -0.15) is 0 Å². The van der Waals surface area contributed by atoms with Crippen LogP contribution in [-0.4, -0.2) is 61.7 Å². The number of aromatic nitrogens is 1. The van der Waals surface area contributed by atoms with Crippen molar-refractivity contribution < 1.29 is 53.9 Å². The maximum atomic E-state index is 13.1. The summed E-state index contributed by atoms with van der Waals surface area (Å²) >= 11 is 2.52. The first-order chi connectivity index (χ1) is 14.7. The van der Waals surface area contributed by atoms with Gasteiger partial charge >= 0.3 is 29.6 Å². The van der Waals surface area contributed by atoms with Crippen molar-refractivity contribution in [1.82, 2.24) is 15.2 Å². The molecule has 1 aromatic heterocycles. The van der Waals surface area contributed by atoms with E-state index in [0.717, 1.165) is 25.7 Å². The molecule has 0 spiro atoms. The van der Waals surface area contributed by atoms with E-state index in [-0.39, 0.29) is 53.7 Å². The van der Waals surface area contributed by atoms with Crippen molar-refractivity contribution in [1.29, 1.82) is 0 Å². The summed E-state index contributed by atoms with van der Waals surface area (Å²) in [5.41, 5.74) is 6.01. The van der Waals surface area contributed by atoms with Crippen LogP contribution >= 0.6 is 23.1 Å². The third kappa shape index (κ3) is 4.93. The molecule has 2 unspecified atom stereocenters. The number of hydrogen-bond acceptors (Lipinski definition) is 10. The van der Waals surface area contributed by atoms with Crippen LogP contribution in [0.25, 0.3) is 0 Å². The van der Waals surface area contributed by atoms with Gasteiger partial charge in [0.2, 0.25) is 5.91 Å². The standard InChI is InChI=1S/C19H25N5O5S2.Na/c1-19(2)14(17(27)28)24-12(25)7-10(16(24)31-19)21-15(26)13(11-8-30-18(20)22-11)23-29-9-5-3-4-6-9;/h8-10,14,16H,3-7H2,1-2H3,(H2,20,22)(H,21,26)(H,27,28);/q;+1/p-1/t10?,14?,16-;/m0./s1. The van der Waals surface area contributed by atoms with Gasteiger partial charge in [0.15, 0.2) is 10.8 Å². The minimum Gasteiger partial charge on any atom is -0.548 e. The maximum Gasteiger partial charge on any atom is 1.00 e. The zero-order valence-electron chi connectivity index (χ0n) is 18.2. The molecule has 3 N–H and O–H groups in total. The molecule has 1 aliphatic carbocycles. The predicted molar refractivity (Wildman–Crippen MR) is 114 cm³/mol. The Morgan fingerprint density at radius 3 is 2.66 bits per heavy atom. The second-order valence-electron chi connectivity index (χ2n) is 8.44. The molecule has 0 aromatic carbocycles. The van der Waals surface area contributed by atoms with E-state index in [2.05, 4.69) is 15.5 Å². The average molecular weight is 490 g/mol. The van der Waals surface area contributed by atoms with Crippen molar-refractivity contribution in [2.45, 2.75) is 74.3 Å². The first-order valence-corrected chi connectivity index (χ1v) is 11.9. The van der Waals surface area contributed by atoms with Gasteiger partial charge in [-0.15, -0.1) is 23.1 Å². The number of thioether (sulfide) groups is 1. The molecule has 3 heterocycles. The Morgan fingerprint density at radius 2 is 2.06 bits per heavy atom. The van der Waals surface area contributed by atoms with Crippen molar-refractivity contribution in [2.75, 3.05) is 5.73 Å². The smallest absolute Gasteiger partial charge is 0.548 e. The third-order valence-electron chi connectivity index (χ3n) is 5.78. The van der Waals surface area contributed by atoms with Crippen LogP contribution in [0.3, 0.4) is 0 Å². The summed E-state index contributed by atoms with van der Waals surface area (Å²) < 4.78 is -0.742. The summed E-state index contributed by atoms with van der Waals surface area (Å²) in [4.78, 5) is 48.4. The van der Waals surface area contributed by atoms with Crippen LogP contribution in [0, 0.1) is 0 Å². The number of oxime groups is 1. The monoisotopic (exact) mass is 489 g/mol. The van der Waals surface area contributed by atoms with E-state index >= 15 is 0 Å². The summed E-state index contributed by atoms with van der Waals surface area (Å²) in [6, 6.07) is -1.64. The number of nitrogens with two attached hydrogens (primary N) is 1. The van der Waals surface area contributed by atoms with Gasteiger partial charge in [0, 0.05) is 16.5 Å². The van der Waals surface area contributed by atoms with E-state index in [1.54, 1.807) is 19.2 Å². The SMILES string of the molecule is CC1(C)S[C@H]2C(NC(=O)C(=NOC3CCCC3)c3csc(N)n3)CC(=O)N2C1C(=O)[O-].[Na+]. The van der Waals surface area contributed by atoms with E-state index in [1.165, 1.54) is 28.0 Å². The summed E-state index contributed by atoms with van der Waals surface area (Å²) in [5.74, 6) is -2.18. The number of carbonyl (C=O) groups excluding carboxylic acids is 3. The largest absolute Gasteiger partial charge is 1.00 e. The number of nitrogens with one attached hydrogen (secondary N) is 1. The van der Waals surface area contributed by atoms with E-state index in [9.17, 15) is 19.5 Å². The van der Waals surface area contributed by atoms with Gasteiger partial charge in [0.25, 0.3) is 5.91 Å². The number of thiazole rings is 1. The third-order valence-corrected chi connectivity index (χ3v) is 8.08. The molecule has 1 saturated carbocycles. The molecule has 2 aliphatic heterocycles. The molecule has 1 aromatic rings. The van der Waals surface area contributed by atoms with Gasteiger partial charge in [-0.25, -0.2) is 4.98 Å². The molecule has 32 heavy (non-hydrogen) atoms. The average Bonchev–Trinajstić information content (AvgIpc) is 3.43. The first-order valence-electron chi connectivity index (χ1n) is 10.1. The van der Waals surface area contributed by atoms with Gasteiger partial charge in [0.05, 0.1) is 23.4 Å². The minimum absolute atomic E-state index is 0. The minimum atomic E-state index is -1.30. The number of amides is 2. The molecule has 2 saturated heterocycles. The normalized spacial score (nSPS) is 27.2. The number of nitrogen functional groups attached to an aromatic ring is 1. The van der Waals surface area contributed by atoms with E-state index in [0.29, 0.717) is 10.8 Å². The van der Waals surface area contributed by atoms with Crippen LogP contribution in [0.15, 0.2) is 10.5 Å². The van der Waals surface area contributed by atoms with Gasteiger partial charge < -0.3 is 30.7 Å². The molecule has 3 atom stereocenters. The van der Waals surface area contributed by atoms with E-state index in [1.807, 2.05) is 0 Å². The molecule has 3 aliphatic rings. The van der Waals surface area contributed by atoms with Gasteiger partial charge in [0.1, 0.15) is 11.8 Å². The zero-order chi connectivity index (χ0) is 22.3. The Morgan fingerprint density at radius 1 is 1.38 bits per heavy atom. The quantitative estimate of drug-likeness (QED) is 0.245. The van der Waals surface area contributed by atoms with Crippen molar-refractivity contribution in [3.63, 3.8) is 0 Å². The zero-order valence-corrected chi connectivity index (χ0v) is 21.8. The summed E-state index contributed by atoms with van der Waals surface area (Å²) in [5, 5.41) is 20.0. The molecule has 168 valence electrons.